The summed E-state index contributed by atoms with van der Waals surface area (Å²) >= 11 is 7.64. The first-order valence-corrected chi connectivity index (χ1v) is 10.0. The van der Waals surface area contributed by atoms with Crippen LogP contribution in [0.1, 0.15) is 16.0 Å². The largest absolute Gasteiger partial charge is 0.351 e. The fourth-order valence-electron chi connectivity index (χ4n) is 3.22. The average Bonchev–Trinajstić information content (AvgIpc) is 3.31. The summed E-state index contributed by atoms with van der Waals surface area (Å²) in [5, 5.41) is 6.89. The minimum atomic E-state index is 0.0396. The van der Waals surface area contributed by atoms with E-state index in [1.807, 2.05) is 53.9 Å². The standard InChI is InChI=1S/C22H19ClN2OS/c23-18-9-7-16(8-10-18)14-25-15-17(20-5-1-2-6-21(20)25)12-22(26)24-13-19-4-3-11-27-19/h1-11,15H,12-14H2,(H,24,26). The van der Waals surface area contributed by atoms with Gasteiger partial charge in [-0.25, -0.2) is 0 Å². The maximum atomic E-state index is 12.4. The van der Waals surface area contributed by atoms with Crippen molar-refractivity contribution in [2.75, 3.05) is 0 Å². The van der Waals surface area contributed by atoms with E-state index in [9.17, 15) is 4.79 Å². The highest BCUT2D eigenvalue weighted by Crippen LogP contribution is 2.23. The van der Waals surface area contributed by atoms with Crippen molar-refractivity contribution in [1.82, 2.24) is 9.88 Å². The van der Waals surface area contributed by atoms with Gasteiger partial charge in [0.25, 0.3) is 0 Å². The summed E-state index contributed by atoms with van der Waals surface area (Å²) < 4.78 is 2.19. The Hall–Kier alpha value is -2.56. The highest BCUT2D eigenvalue weighted by molar-refractivity contribution is 7.09. The van der Waals surface area contributed by atoms with Crippen LogP contribution in [0.5, 0.6) is 0 Å². The van der Waals surface area contributed by atoms with Gasteiger partial charge in [-0.15, -0.1) is 11.3 Å². The molecule has 0 saturated heterocycles. The Morgan fingerprint density at radius 2 is 1.85 bits per heavy atom. The molecule has 0 aliphatic rings. The lowest BCUT2D eigenvalue weighted by Crippen LogP contribution is -2.24. The third-order valence-corrected chi connectivity index (χ3v) is 5.66. The van der Waals surface area contributed by atoms with Crippen LogP contribution < -0.4 is 5.32 Å². The molecule has 27 heavy (non-hydrogen) atoms. The van der Waals surface area contributed by atoms with Crippen molar-refractivity contribution in [1.29, 1.82) is 0 Å². The van der Waals surface area contributed by atoms with Crippen molar-refractivity contribution < 1.29 is 4.79 Å². The second-order valence-electron chi connectivity index (χ2n) is 6.46. The second-order valence-corrected chi connectivity index (χ2v) is 7.93. The molecule has 136 valence electrons. The molecule has 0 unspecified atom stereocenters. The second kappa shape index (κ2) is 7.99. The van der Waals surface area contributed by atoms with Crippen molar-refractivity contribution in [3.8, 4) is 0 Å². The topological polar surface area (TPSA) is 34.0 Å². The van der Waals surface area contributed by atoms with Gasteiger partial charge in [0, 0.05) is 33.5 Å². The number of fused-ring (bicyclic) bond motifs is 1. The minimum Gasteiger partial charge on any atom is -0.351 e. The number of nitrogens with one attached hydrogen (secondary N) is 1. The summed E-state index contributed by atoms with van der Waals surface area (Å²) in [6, 6.07) is 20.1. The number of amides is 1. The third-order valence-electron chi connectivity index (χ3n) is 4.53. The SMILES string of the molecule is O=C(Cc1cn(Cc2ccc(Cl)cc2)c2ccccc12)NCc1cccs1. The van der Waals surface area contributed by atoms with E-state index in [0.29, 0.717) is 13.0 Å². The molecule has 0 radical (unpaired) electrons. The monoisotopic (exact) mass is 394 g/mol. The Morgan fingerprint density at radius 3 is 2.63 bits per heavy atom. The van der Waals surface area contributed by atoms with Gasteiger partial charge < -0.3 is 9.88 Å². The van der Waals surface area contributed by atoms with Crippen LogP contribution in [-0.2, 0) is 24.3 Å². The van der Waals surface area contributed by atoms with Crippen molar-refractivity contribution in [2.45, 2.75) is 19.5 Å². The summed E-state index contributed by atoms with van der Waals surface area (Å²) in [6.07, 6.45) is 2.46. The number of benzene rings is 2. The van der Waals surface area contributed by atoms with Crippen LogP contribution in [0.15, 0.2) is 72.2 Å². The molecule has 3 nitrogen and oxygen atoms in total. The number of aromatic nitrogens is 1. The van der Waals surface area contributed by atoms with Gasteiger partial charge in [0.05, 0.1) is 13.0 Å². The van der Waals surface area contributed by atoms with E-state index in [1.165, 1.54) is 5.56 Å². The molecule has 0 fully saturated rings. The zero-order chi connectivity index (χ0) is 18.6. The Morgan fingerprint density at radius 1 is 1.04 bits per heavy atom. The van der Waals surface area contributed by atoms with Crippen LogP contribution in [0, 0.1) is 0 Å². The molecule has 2 aromatic carbocycles. The fourth-order valence-corrected chi connectivity index (χ4v) is 3.99. The summed E-state index contributed by atoms with van der Waals surface area (Å²) in [5.74, 6) is 0.0396. The molecule has 4 rings (SSSR count). The van der Waals surface area contributed by atoms with Gasteiger partial charge in [0.15, 0.2) is 0 Å². The Balaban J connectivity index is 1.54. The summed E-state index contributed by atoms with van der Waals surface area (Å²) in [7, 11) is 0. The van der Waals surface area contributed by atoms with Gasteiger partial charge in [-0.1, -0.05) is 48.0 Å². The summed E-state index contributed by atoms with van der Waals surface area (Å²) in [4.78, 5) is 13.6. The Labute approximate surface area is 167 Å². The van der Waals surface area contributed by atoms with Crippen molar-refractivity contribution in [3.63, 3.8) is 0 Å². The molecule has 1 amide bonds. The molecule has 2 heterocycles. The van der Waals surface area contributed by atoms with E-state index in [0.717, 1.165) is 32.9 Å². The number of halogens is 1. The predicted molar refractivity (Wildman–Crippen MR) is 112 cm³/mol. The first-order valence-electron chi connectivity index (χ1n) is 8.79. The van der Waals surface area contributed by atoms with Crippen molar-refractivity contribution in [2.24, 2.45) is 0 Å². The molecular weight excluding hydrogens is 376 g/mol. The third kappa shape index (κ3) is 4.24. The Bertz CT molecular complexity index is 1050. The van der Waals surface area contributed by atoms with Gasteiger partial charge in [0.2, 0.25) is 5.91 Å². The van der Waals surface area contributed by atoms with Crippen LogP contribution >= 0.6 is 22.9 Å². The van der Waals surface area contributed by atoms with E-state index >= 15 is 0 Å². The van der Waals surface area contributed by atoms with E-state index in [2.05, 4.69) is 28.2 Å². The van der Waals surface area contributed by atoms with Crippen LogP contribution in [0.25, 0.3) is 10.9 Å². The lowest BCUT2D eigenvalue weighted by molar-refractivity contribution is -0.120. The molecule has 2 aromatic heterocycles. The van der Waals surface area contributed by atoms with Crippen LogP contribution in [0.3, 0.4) is 0 Å². The van der Waals surface area contributed by atoms with Crippen molar-refractivity contribution in [3.05, 3.63) is 93.3 Å². The number of carbonyl (C=O) groups excluding carboxylic acids is 1. The number of thiophene rings is 1. The number of nitrogens with zero attached hydrogens (tertiary/aromatic N) is 1. The van der Waals surface area contributed by atoms with Gasteiger partial charge in [-0.2, -0.15) is 0 Å². The fraction of sp³-hybridized carbons (Fsp3) is 0.136. The zero-order valence-corrected chi connectivity index (χ0v) is 16.3. The van der Waals surface area contributed by atoms with Gasteiger partial charge in [-0.05, 0) is 40.8 Å². The number of hydrogen-bond acceptors (Lipinski definition) is 2. The molecular formula is C22H19ClN2OS. The molecule has 4 aromatic rings. The molecule has 0 saturated carbocycles. The first kappa shape index (κ1) is 17.8. The number of para-hydroxylation sites is 1. The zero-order valence-electron chi connectivity index (χ0n) is 14.7. The molecule has 5 heteroatoms. The van der Waals surface area contributed by atoms with Gasteiger partial charge in [0.1, 0.15) is 0 Å². The highest BCUT2D eigenvalue weighted by atomic mass is 35.5. The highest BCUT2D eigenvalue weighted by Gasteiger charge is 2.12. The van der Waals surface area contributed by atoms with Crippen molar-refractivity contribution >= 4 is 39.7 Å². The maximum Gasteiger partial charge on any atom is 0.224 e. The number of hydrogen-bond donors (Lipinski definition) is 1. The summed E-state index contributed by atoms with van der Waals surface area (Å²) in [5.41, 5.74) is 3.35. The molecule has 0 aliphatic carbocycles. The maximum absolute atomic E-state index is 12.4. The smallest absolute Gasteiger partial charge is 0.224 e. The predicted octanol–water partition coefficient (Wildman–Crippen LogP) is 5.26. The Kier molecular flexibility index (Phi) is 5.28. The molecule has 1 N–H and O–H groups in total. The molecule has 0 atom stereocenters. The lowest BCUT2D eigenvalue weighted by atomic mass is 10.1. The normalized spacial score (nSPS) is 11.0. The van der Waals surface area contributed by atoms with E-state index in [-0.39, 0.29) is 5.91 Å². The summed E-state index contributed by atoms with van der Waals surface area (Å²) in [6.45, 7) is 1.33. The van der Waals surface area contributed by atoms with E-state index in [4.69, 9.17) is 11.6 Å². The van der Waals surface area contributed by atoms with Gasteiger partial charge >= 0.3 is 0 Å². The lowest BCUT2D eigenvalue weighted by Gasteiger charge is -2.05. The molecule has 0 bridgehead atoms. The first-order chi connectivity index (χ1) is 13.2. The van der Waals surface area contributed by atoms with Crippen LogP contribution in [0.4, 0.5) is 0 Å². The minimum absolute atomic E-state index is 0.0396. The van der Waals surface area contributed by atoms with E-state index < -0.39 is 0 Å². The quantitative estimate of drug-likeness (QED) is 0.475. The van der Waals surface area contributed by atoms with Crippen LogP contribution in [-0.4, -0.2) is 10.5 Å². The number of rotatable bonds is 6. The van der Waals surface area contributed by atoms with E-state index in [1.54, 1.807) is 11.3 Å². The molecule has 0 spiro atoms. The molecule has 0 aliphatic heterocycles. The van der Waals surface area contributed by atoms with Gasteiger partial charge in [-0.3, -0.25) is 4.79 Å². The number of carbonyl (C=O) groups is 1. The van der Waals surface area contributed by atoms with Crippen LogP contribution in [0.2, 0.25) is 5.02 Å². The average molecular weight is 395 g/mol.